The van der Waals surface area contributed by atoms with Gasteiger partial charge in [0.05, 0.1) is 22.9 Å². The number of pyridine rings is 2. The van der Waals surface area contributed by atoms with Gasteiger partial charge in [0.2, 0.25) is 11.8 Å². The average Bonchev–Trinajstić information content (AvgIpc) is 4.12. The molecule has 0 bridgehead atoms. The maximum atomic E-state index is 13.2. The first kappa shape index (κ1) is 40.0. The lowest BCUT2D eigenvalue weighted by molar-refractivity contribution is -0.135. The lowest BCUT2D eigenvalue weighted by Gasteiger charge is -2.25. The summed E-state index contributed by atoms with van der Waals surface area (Å²) in [6.45, 7) is 8.77. The van der Waals surface area contributed by atoms with Gasteiger partial charge >= 0.3 is 6.09 Å². The van der Waals surface area contributed by atoms with Gasteiger partial charge in [-0.3, -0.25) is 9.59 Å². The quantitative estimate of drug-likeness (QED) is 0.0726. The van der Waals surface area contributed by atoms with Crippen LogP contribution in [0.15, 0.2) is 92.2 Å². The Morgan fingerprint density at radius 1 is 0.839 bits per heavy atom. The van der Waals surface area contributed by atoms with Crippen LogP contribution in [0.25, 0.3) is 55.4 Å². The molecular weight excluding hydrogens is 787 g/mol. The second kappa shape index (κ2) is 16.9. The highest BCUT2D eigenvalue weighted by molar-refractivity contribution is 5.99. The molecule has 9 rings (SSSR count). The van der Waals surface area contributed by atoms with Crippen LogP contribution in [-0.4, -0.2) is 104 Å². The molecule has 0 spiro atoms. The predicted octanol–water partition coefficient (Wildman–Crippen LogP) is 5.76. The number of alkyl carbamates (subject to hydrolysis) is 1. The molecule has 0 unspecified atom stereocenters. The molecule has 3 amide bonds. The van der Waals surface area contributed by atoms with Crippen LogP contribution in [0.2, 0.25) is 0 Å². The number of carbonyl (C=O) groups excluding carboxylic acids is 3. The van der Waals surface area contributed by atoms with Gasteiger partial charge in [-0.2, -0.15) is 29.7 Å². The highest BCUT2D eigenvalue weighted by atomic mass is 16.6. The van der Waals surface area contributed by atoms with Gasteiger partial charge in [-0.05, 0) is 118 Å². The Labute approximate surface area is 356 Å². The fraction of sp³-hybridized carbons (Fsp3) is 0.311. The van der Waals surface area contributed by atoms with Gasteiger partial charge in [-0.1, -0.05) is 6.58 Å². The lowest BCUT2D eigenvalue weighted by Crippen LogP contribution is -2.45. The van der Waals surface area contributed by atoms with Crippen molar-refractivity contribution < 1.29 is 19.1 Å². The number of fused-ring (bicyclic) bond motifs is 4. The molecule has 1 aliphatic rings. The van der Waals surface area contributed by atoms with Crippen LogP contribution in [0.3, 0.4) is 0 Å². The fourth-order valence-electron chi connectivity index (χ4n) is 8.51. The number of amides is 3. The number of aromatic amines is 2. The molecule has 0 saturated carbocycles. The summed E-state index contributed by atoms with van der Waals surface area (Å²) in [5.74, 6) is -0.349. The van der Waals surface area contributed by atoms with Crippen LogP contribution in [0, 0.1) is 0 Å². The van der Waals surface area contributed by atoms with Crippen molar-refractivity contribution in [3.05, 3.63) is 109 Å². The molecular formula is C45H47N13O4. The molecule has 9 heterocycles. The van der Waals surface area contributed by atoms with Crippen molar-refractivity contribution in [2.75, 3.05) is 19.6 Å². The van der Waals surface area contributed by atoms with Crippen LogP contribution in [0.4, 0.5) is 4.79 Å². The summed E-state index contributed by atoms with van der Waals surface area (Å²) < 4.78 is 9.24. The Morgan fingerprint density at radius 2 is 1.50 bits per heavy atom. The van der Waals surface area contributed by atoms with Crippen molar-refractivity contribution in [3.63, 3.8) is 0 Å². The number of nitrogens with zero attached hydrogens (tertiary/aromatic N) is 9. The largest absolute Gasteiger partial charge is 0.443 e. The van der Waals surface area contributed by atoms with Gasteiger partial charge < -0.3 is 30.2 Å². The highest BCUT2D eigenvalue weighted by Gasteiger charge is 2.33. The van der Waals surface area contributed by atoms with E-state index < -0.39 is 17.7 Å². The van der Waals surface area contributed by atoms with Gasteiger partial charge in [-0.15, -0.1) is 0 Å². The Kier molecular flexibility index (Phi) is 10.9. The number of hydrogen-bond donors (Lipinski definition) is 4. The van der Waals surface area contributed by atoms with E-state index in [9.17, 15) is 14.4 Å². The van der Waals surface area contributed by atoms with Gasteiger partial charge in [0, 0.05) is 84.1 Å². The van der Waals surface area contributed by atoms with E-state index >= 15 is 0 Å². The summed E-state index contributed by atoms with van der Waals surface area (Å²) in [7, 11) is 0. The minimum Gasteiger partial charge on any atom is -0.443 e. The SMILES string of the molecule is C=CC(=O)N1CCC[C@H]1C(=O)NCCCc1cc2c(-c3c(CC(C)(C)OC(=O)NCCCc4cc5c(-c6cnn7ncccc67)ccnc5[nH]4)nn4ncccc34)ccnc2[nH]1. The van der Waals surface area contributed by atoms with Crippen LogP contribution in [0.1, 0.15) is 56.6 Å². The Hall–Kier alpha value is -7.43. The summed E-state index contributed by atoms with van der Waals surface area (Å²) in [5.41, 5.74) is 8.83. The van der Waals surface area contributed by atoms with E-state index in [1.54, 1.807) is 38.9 Å². The number of carbonyl (C=O) groups is 3. The van der Waals surface area contributed by atoms with Gasteiger partial charge in [0.25, 0.3) is 0 Å². The molecule has 8 aromatic rings. The van der Waals surface area contributed by atoms with E-state index in [0.717, 1.165) is 78.9 Å². The maximum Gasteiger partial charge on any atom is 0.407 e. The van der Waals surface area contributed by atoms with E-state index in [2.05, 4.69) is 64.6 Å². The van der Waals surface area contributed by atoms with E-state index in [1.165, 1.54) is 6.08 Å². The second-order valence-corrected chi connectivity index (χ2v) is 16.2. The molecule has 0 radical (unpaired) electrons. The first-order valence-electron chi connectivity index (χ1n) is 20.9. The third kappa shape index (κ3) is 8.08. The summed E-state index contributed by atoms with van der Waals surface area (Å²) in [5, 5.41) is 25.9. The molecule has 0 aliphatic carbocycles. The molecule has 1 aliphatic heterocycles. The van der Waals surface area contributed by atoms with Crippen molar-refractivity contribution in [2.24, 2.45) is 0 Å². The number of nitrogens with one attached hydrogen (secondary N) is 4. The topological polar surface area (TPSA) is 205 Å². The monoisotopic (exact) mass is 833 g/mol. The van der Waals surface area contributed by atoms with Gasteiger partial charge in [-0.25, -0.2) is 14.8 Å². The van der Waals surface area contributed by atoms with Crippen LogP contribution in [-0.2, 0) is 33.6 Å². The summed E-state index contributed by atoms with van der Waals surface area (Å²) in [4.78, 5) is 55.9. The number of H-pyrrole nitrogens is 2. The van der Waals surface area contributed by atoms with Crippen molar-refractivity contribution >= 4 is 51.0 Å². The lowest BCUT2D eigenvalue weighted by atomic mass is 9.95. The number of ether oxygens (including phenoxy) is 1. The number of hydrogen-bond acceptors (Lipinski definition) is 10. The molecule has 62 heavy (non-hydrogen) atoms. The maximum absolute atomic E-state index is 13.2. The summed E-state index contributed by atoms with van der Waals surface area (Å²) in [6.07, 6.45) is 14.0. The normalized spacial score (nSPS) is 14.3. The molecule has 1 atom stereocenters. The van der Waals surface area contributed by atoms with Gasteiger partial charge in [0.15, 0.2) is 0 Å². The van der Waals surface area contributed by atoms with Crippen molar-refractivity contribution in [2.45, 2.75) is 70.4 Å². The van der Waals surface area contributed by atoms with Crippen molar-refractivity contribution in [1.82, 2.24) is 65.1 Å². The molecule has 1 fully saturated rings. The standard InChI is InChI=1S/C45H47N13O4/c1-4-39(59)56-23-9-14-38(56)43(60)48-17-5-10-29-25-33-31(16-22-47-42(33)54-29)40-35(55-58-37(40)13-8-20-51-58)26-45(2,3)62-44(61)49-18-6-11-28-24-32-30(15-21-46-41(32)53-28)34-27-52-57-36(34)12-7-19-50-57/h4,7-8,12-13,15-16,19-22,24-25,27,38H,1,5-6,9-11,14,17-18,23,26H2,2-3H3,(H,46,53)(H,47,54)(H,48,60)(H,49,61)/t38-/m0/s1. The molecule has 1 saturated heterocycles. The van der Waals surface area contributed by atoms with Crippen LogP contribution >= 0.6 is 0 Å². The Bertz CT molecular complexity index is 2960. The Balaban J connectivity index is 0.829. The summed E-state index contributed by atoms with van der Waals surface area (Å²) in [6, 6.07) is 15.4. The molecule has 316 valence electrons. The van der Waals surface area contributed by atoms with E-state index in [1.807, 2.05) is 56.4 Å². The molecule has 17 nitrogen and oxygen atoms in total. The molecule has 17 heteroatoms. The number of aryl methyl sites for hydroxylation is 2. The number of aromatic nitrogens is 10. The minimum atomic E-state index is -0.919. The first-order chi connectivity index (χ1) is 30.2. The molecule has 4 N–H and O–H groups in total. The van der Waals surface area contributed by atoms with Crippen molar-refractivity contribution in [1.29, 1.82) is 0 Å². The van der Waals surface area contributed by atoms with Gasteiger partial charge in [0.1, 0.15) is 22.9 Å². The zero-order valence-corrected chi connectivity index (χ0v) is 34.6. The predicted molar refractivity (Wildman–Crippen MR) is 233 cm³/mol. The smallest absolute Gasteiger partial charge is 0.407 e. The Morgan fingerprint density at radius 3 is 2.23 bits per heavy atom. The average molecular weight is 834 g/mol. The number of likely N-dealkylation sites (tertiary alicyclic amines) is 1. The zero-order chi connectivity index (χ0) is 42.8. The first-order valence-corrected chi connectivity index (χ1v) is 20.9. The summed E-state index contributed by atoms with van der Waals surface area (Å²) >= 11 is 0. The number of rotatable bonds is 15. The fourth-order valence-corrected chi connectivity index (χ4v) is 8.51. The van der Waals surface area contributed by atoms with E-state index in [-0.39, 0.29) is 11.8 Å². The van der Waals surface area contributed by atoms with Crippen LogP contribution in [0.5, 0.6) is 0 Å². The van der Waals surface area contributed by atoms with E-state index in [0.29, 0.717) is 58.2 Å². The van der Waals surface area contributed by atoms with E-state index in [4.69, 9.17) is 9.84 Å². The third-order valence-electron chi connectivity index (χ3n) is 11.3. The molecule has 0 aromatic carbocycles. The zero-order valence-electron chi connectivity index (χ0n) is 34.6. The third-order valence-corrected chi connectivity index (χ3v) is 11.3. The van der Waals surface area contributed by atoms with Crippen molar-refractivity contribution in [3.8, 4) is 22.3 Å². The minimum absolute atomic E-state index is 0.134. The molecule has 8 aromatic heterocycles. The highest BCUT2D eigenvalue weighted by Crippen LogP contribution is 2.36. The van der Waals surface area contributed by atoms with Crippen LogP contribution < -0.4 is 10.6 Å². The second-order valence-electron chi connectivity index (χ2n) is 16.2.